The lowest BCUT2D eigenvalue weighted by molar-refractivity contribution is -0.153. The van der Waals surface area contributed by atoms with Crippen LogP contribution < -0.4 is 0 Å². The minimum absolute atomic E-state index is 0.0168. The number of rotatable bonds is 6. The molecule has 0 aliphatic carbocycles. The highest BCUT2D eigenvalue weighted by atomic mass is 16.5. The maximum absolute atomic E-state index is 10.8. The van der Waals surface area contributed by atoms with E-state index in [2.05, 4.69) is 11.3 Å². The van der Waals surface area contributed by atoms with E-state index in [9.17, 15) is 9.59 Å². The summed E-state index contributed by atoms with van der Waals surface area (Å²) >= 11 is 0. The van der Waals surface area contributed by atoms with Gasteiger partial charge >= 0.3 is 11.9 Å². The fourth-order valence-corrected chi connectivity index (χ4v) is 0.615. The van der Waals surface area contributed by atoms with Crippen molar-refractivity contribution < 1.29 is 24.5 Å². The highest BCUT2D eigenvalue weighted by molar-refractivity contribution is 5.75. The zero-order chi connectivity index (χ0) is 10.3. The van der Waals surface area contributed by atoms with Gasteiger partial charge in [-0.25, -0.2) is 4.79 Å². The van der Waals surface area contributed by atoms with Gasteiger partial charge in [-0.15, -0.1) is 0 Å². The van der Waals surface area contributed by atoms with Crippen molar-refractivity contribution in [3.8, 4) is 0 Å². The summed E-state index contributed by atoms with van der Waals surface area (Å²) in [6, 6.07) is 0. The standard InChI is InChI=1S/C8H12O5/c1-2-5-13-8(12)6(9)3-4-7(10)11/h2,6,9H,1,3-5H2,(H,10,11). The zero-order valence-corrected chi connectivity index (χ0v) is 7.10. The maximum Gasteiger partial charge on any atom is 0.335 e. The Balaban J connectivity index is 3.68. The van der Waals surface area contributed by atoms with E-state index in [1.165, 1.54) is 6.08 Å². The van der Waals surface area contributed by atoms with Crippen LogP contribution in [0.3, 0.4) is 0 Å². The molecule has 0 saturated carbocycles. The Morgan fingerprint density at radius 3 is 2.62 bits per heavy atom. The molecule has 74 valence electrons. The summed E-state index contributed by atoms with van der Waals surface area (Å²) < 4.78 is 4.49. The van der Waals surface area contributed by atoms with Crippen LogP contribution >= 0.6 is 0 Å². The van der Waals surface area contributed by atoms with Crippen molar-refractivity contribution >= 4 is 11.9 Å². The first-order valence-electron chi connectivity index (χ1n) is 3.75. The Labute approximate surface area is 75.6 Å². The summed E-state index contributed by atoms with van der Waals surface area (Å²) in [7, 11) is 0. The first kappa shape index (κ1) is 11.6. The van der Waals surface area contributed by atoms with Gasteiger partial charge in [-0.2, -0.15) is 0 Å². The van der Waals surface area contributed by atoms with Crippen LogP contribution in [-0.4, -0.2) is 34.9 Å². The van der Waals surface area contributed by atoms with Gasteiger partial charge in [0.2, 0.25) is 0 Å². The highest BCUT2D eigenvalue weighted by Crippen LogP contribution is 1.99. The van der Waals surface area contributed by atoms with Crippen LogP contribution in [0.25, 0.3) is 0 Å². The van der Waals surface area contributed by atoms with Crippen LogP contribution in [0.15, 0.2) is 12.7 Å². The largest absolute Gasteiger partial charge is 0.481 e. The molecule has 5 nitrogen and oxygen atoms in total. The average molecular weight is 188 g/mol. The Bertz CT molecular complexity index is 199. The van der Waals surface area contributed by atoms with Crippen LogP contribution in [0.2, 0.25) is 0 Å². The van der Waals surface area contributed by atoms with E-state index in [1.54, 1.807) is 0 Å². The Morgan fingerprint density at radius 2 is 2.15 bits per heavy atom. The fraction of sp³-hybridized carbons (Fsp3) is 0.500. The molecule has 0 saturated heterocycles. The highest BCUT2D eigenvalue weighted by Gasteiger charge is 2.16. The molecule has 0 heterocycles. The normalized spacial score (nSPS) is 11.8. The van der Waals surface area contributed by atoms with Gasteiger partial charge in [-0.1, -0.05) is 12.7 Å². The van der Waals surface area contributed by atoms with E-state index < -0.39 is 18.0 Å². The fourth-order valence-electron chi connectivity index (χ4n) is 0.615. The number of carboxylic acid groups (broad SMARTS) is 1. The molecule has 0 rings (SSSR count). The minimum Gasteiger partial charge on any atom is -0.481 e. The van der Waals surface area contributed by atoms with Gasteiger partial charge in [0.1, 0.15) is 6.61 Å². The van der Waals surface area contributed by atoms with E-state index in [0.717, 1.165) is 0 Å². The lowest BCUT2D eigenvalue weighted by Gasteiger charge is -2.07. The molecule has 0 fully saturated rings. The van der Waals surface area contributed by atoms with Gasteiger partial charge in [0.25, 0.3) is 0 Å². The molecule has 13 heavy (non-hydrogen) atoms. The second kappa shape index (κ2) is 6.19. The predicted molar refractivity (Wildman–Crippen MR) is 44.0 cm³/mol. The predicted octanol–water partition coefficient (Wildman–Crippen LogP) is -0.0587. The van der Waals surface area contributed by atoms with E-state index in [1.807, 2.05) is 0 Å². The van der Waals surface area contributed by atoms with Crippen molar-refractivity contribution in [2.45, 2.75) is 18.9 Å². The lowest BCUT2D eigenvalue weighted by Crippen LogP contribution is -2.23. The molecular formula is C8H12O5. The van der Waals surface area contributed by atoms with Crippen molar-refractivity contribution in [2.24, 2.45) is 0 Å². The van der Waals surface area contributed by atoms with Crippen molar-refractivity contribution in [2.75, 3.05) is 6.61 Å². The molecule has 0 bridgehead atoms. The van der Waals surface area contributed by atoms with Gasteiger partial charge in [0, 0.05) is 6.42 Å². The monoisotopic (exact) mass is 188 g/mol. The first-order chi connectivity index (χ1) is 6.07. The minimum atomic E-state index is -1.36. The van der Waals surface area contributed by atoms with E-state index in [4.69, 9.17) is 10.2 Å². The van der Waals surface area contributed by atoms with Gasteiger partial charge in [-0.05, 0) is 6.42 Å². The van der Waals surface area contributed by atoms with Gasteiger partial charge < -0.3 is 14.9 Å². The van der Waals surface area contributed by atoms with Crippen LogP contribution in [0.4, 0.5) is 0 Å². The molecule has 0 spiro atoms. The quantitative estimate of drug-likeness (QED) is 0.450. The van der Waals surface area contributed by atoms with E-state index >= 15 is 0 Å². The summed E-state index contributed by atoms with van der Waals surface area (Å²) in [5.41, 5.74) is 0. The summed E-state index contributed by atoms with van der Waals surface area (Å²) in [6.45, 7) is 3.33. The van der Waals surface area contributed by atoms with E-state index in [-0.39, 0.29) is 19.4 Å². The van der Waals surface area contributed by atoms with Gasteiger partial charge in [-0.3, -0.25) is 4.79 Å². The number of carbonyl (C=O) groups is 2. The Kier molecular flexibility index (Phi) is 5.54. The number of carboxylic acids is 1. The van der Waals surface area contributed by atoms with Gasteiger partial charge in [0.15, 0.2) is 6.10 Å². The Hall–Kier alpha value is -1.36. The molecule has 0 aromatic rings. The number of esters is 1. The van der Waals surface area contributed by atoms with Crippen LogP contribution in [0.5, 0.6) is 0 Å². The molecule has 0 aliphatic rings. The smallest absolute Gasteiger partial charge is 0.335 e. The number of carbonyl (C=O) groups excluding carboxylic acids is 1. The molecule has 5 heteroatoms. The topological polar surface area (TPSA) is 83.8 Å². The molecule has 0 amide bonds. The number of hydrogen-bond donors (Lipinski definition) is 2. The molecular weight excluding hydrogens is 176 g/mol. The first-order valence-corrected chi connectivity index (χ1v) is 3.75. The van der Waals surface area contributed by atoms with Crippen molar-refractivity contribution in [3.05, 3.63) is 12.7 Å². The average Bonchev–Trinajstić information content (AvgIpc) is 2.10. The molecule has 0 aromatic carbocycles. The Morgan fingerprint density at radius 1 is 1.54 bits per heavy atom. The molecule has 0 aromatic heterocycles. The van der Waals surface area contributed by atoms with Crippen LogP contribution in [0, 0.1) is 0 Å². The SMILES string of the molecule is C=CCOC(=O)C(O)CCC(=O)O. The number of aliphatic hydroxyl groups excluding tert-OH is 1. The second-order valence-electron chi connectivity index (χ2n) is 2.37. The van der Waals surface area contributed by atoms with Crippen LogP contribution in [-0.2, 0) is 14.3 Å². The van der Waals surface area contributed by atoms with Gasteiger partial charge in [0.05, 0.1) is 0 Å². The second-order valence-corrected chi connectivity index (χ2v) is 2.37. The lowest BCUT2D eigenvalue weighted by atomic mass is 10.2. The number of aliphatic carboxylic acids is 1. The number of aliphatic hydroxyl groups is 1. The third-order valence-electron chi connectivity index (χ3n) is 1.25. The molecule has 0 radical (unpaired) electrons. The summed E-state index contributed by atoms with van der Waals surface area (Å²) in [4.78, 5) is 20.9. The third-order valence-corrected chi connectivity index (χ3v) is 1.25. The summed E-state index contributed by atoms with van der Waals surface area (Å²) in [5, 5.41) is 17.3. The maximum atomic E-state index is 10.8. The number of ether oxygens (including phenoxy) is 1. The van der Waals surface area contributed by atoms with Crippen molar-refractivity contribution in [3.63, 3.8) is 0 Å². The molecule has 1 atom stereocenters. The van der Waals surface area contributed by atoms with Crippen LogP contribution in [0.1, 0.15) is 12.8 Å². The molecule has 2 N–H and O–H groups in total. The van der Waals surface area contributed by atoms with E-state index in [0.29, 0.717) is 0 Å². The number of hydrogen-bond acceptors (Lipinski definition) is 4. The van der Waals surface area contributed by atoms with Crippen molar-refractivity contribution in [1.82, 2.24) is 0 Å². The zero-order valence-electron chi connectivity index (χ0n) is 7.10. The summed E-state index contributed by atoms with van der Waals surface area (Å²) in [6.07, 6.45) is -0.395. The molecule has 0 aliphatic heterocycles. The molecule has 1 unspecified atom stereocenters. The summed E-state index contributed by atoms with van der Waals surface area (Å²) in [5.74, 6) is -1.88. The third kappa shape index (κ3) is 5.86. The van der Waals surface area contributed by atoms with Crippen molar-refractivity contribution in [1.29, 1.82) is 0 Å².